The van der Waals surface area contributed by atoms with Gasteiger partial charge in [0.25, 0.3) is 0 Å². The van der Waals surface area contributed by atoms with Crippen molar-refractivity contribution in [2.75, 3.05) is 0 Å². The molecule has 12 heavy (non-hydrogen) atoms. The predicted molar refractivity (Wildman–Crippen MR) is 57.4 cm³/mol. The molecule has 0 aromatic rings. The zero-order valence-electron chi connectivity index (χ0n) is 9.19. The van der Waals surface area contributed by atoms with Crippen LogP contribution in [-0.4, -0.2) is 0 Å². The average molecular weight is 168 g/mol. The maximum atomic E-state index is 2.38. The normalized spacial score (nSPS) is 12.6. The molecule has 0 aliphatic carbocycles. The largest absolute Gasteiger partial charge is 0.0830 e. The van der Waals surface area contributed by atoms with Gasteiger partial charge in [-0.15, -0.1) is 0 Å². The molecular weight excluding hydrogens is 144 g/mol. The van der Waals surface area contributed by atoms with Crippen molar-refractivity contribution >= 4 is 0 Å². The second-order valence-corrected chi connectivity index (χ2v) is 4.07. The Morgan fingerprint density at radius 1 is 1.17 bits per heavy atom. The highest BCUT2D eigenvalue weighted by Gasteiger charge is 1.92. The first-order valence-electron chi connectivity index (χ1n) is 5.34. The molecule has 0 fully saturated rings. The van der Waals surface area contributed by atoms with Gasteiger partial charge in [0.1, 0.15) is 0 Å². The molecule has 0 nitrogen and oxygen atoms in total. The lowest BCUT2D eigenvalue weighted by Gasteiger charge is -2.02. The fourth-order valence-electron chi connectivity index (χ4n) is 1.48. The van der Waals surface area contributed by atoms with Crippen LogP contribution in [-0.2, 0) is 0 Å². The Kier molecular flexibility index (Phi) is 7.23. The Labute approximate surface area is 78.1 Å². The quantitative estimate of drug-likeness (QED) is 0.403. The first kappa shape index (κ1) is 11.7. The third-order valence-electron chi connectivity index (χ3n) is 2.04. The third kappa shape index (κ3) is 7.84. The van der Waals surface area contributed by atoms with Crippen LogP contribution >= 0.6 is 0 Å². The molecule has 0 N–H and O–H groups in total. The van der Waals surface area contributed by atoms with Crippen molar-refractivity contribution in [1.82, 2.24) is 0 Å². The highest BCUT2D eigenvalue weighted by molar-refractivity contribution is 4.99. The summed E-state index contributed by atoms with van der Waals surface area (Å²) in [6, 6.07) is 0. The fourth-order valence-corrected chi connectivity index (χ4v) is 1.48. The van der Waals surface area contributed by atoms with Crippen molar-refractivity contribution in [3.8, 4) is 0 Å². The lowest BCUT2D eigenvalue weighted by atomic mass is 10.0. The lowest BCUT2D eigenvalue weighted by molar-refractivity contribution is 0.660. The standard InChI is InChI=1S/C12H24/c1-5-6-7-8-9-12(4)10-11(2)3/h10-11H,5-9H2,1-4H3/b12-10+. The second kappa shape index (κ2) is 7.39. The molecule has 0 unspecified atom stereocenters. The van der Waals surface area contributed by atoms with E-state index in [0.717, 1.165) is 5.92 Å². The minimum Gasteiger partial charge on any atom is -0.0830 e. The monoisotopic (exact) mass is 168 g/mol. The molecule has 0 saturated heterocycles. The molecule has 0 atom stereocenters. The van der Waals surface area contributed by atoms with Crippen molar-refractivity contribution in [2.45, 2.75) is 59.8 Å². The lowest BCUT2D eigenvalue weighted by Crippen LogP contribution is -1.84. The summed E-state index contributed by atoms with van der Waals surface area (Å²) in [7, 11) is 0. The minimum absolute atomic E-state index is 0.719. The molecule has 0 aromatic heterocycles. The van der Waals surface area contributed by atoms with Crippen molar-refractivity contribution in [3.05, 3.63) is 11.6 Å². The van der Waals surface area contributed by atoms with E-state index < -0.39 is 0 Å². The van der Waals surface area contributed by atoms with Gasteiger partial charge in [-0.1, -0.05) is 51.7 Å². The van der Waals surface area contributed by atoms with Crippen LogP contribution in [0.1, 0.15) is 59.8 Å². The van der Waals surface area contributed by atoms with Crippen molar-refractivity contribution in [1.29, 1.82) is 0 Å². The van der Waals surface area contributed by atoms with E-state index >= 15 is 0 Å². The van der Waals surface area contributed by atoms with Gasteiger partial charge in [-0.05, 0) is 25.7 Å². The summed E-state index contributed by atoms with van der Waals surface area (Å²) in [4.78, 5) is 0. The molecule has 0 amide bonds. The van der Waals surface area contributed by atoms with Crippen LogP contribution < -0.4 is 0 Å². The topological polar surface area (TPSA) is 0 Å². The van der Waals surface area contributed by atoms with Gasteiger partial charge in [-0.25, -0.2) is 0 Å². The SMILES string of the molecule is CCCCCC/C(C)=C/C(C)C. The van der Waals surface area contributed by atoms with Crippen LogP contribution in [0.15, 0.2) is 11.6 Å². The molecule has 0 aliphatic heterocycles. The van der Waals surface area contributed by atoms with Crippen LogP contribution in [0.3, 0.4) is 0 Å². The summed E-state index contributed by atoms with van der Waals surface area (Å²) in [5.74, 6) is 0.719. The molecule has 0 heterocycles. The van der Waals surface area contributed by atoms with Crippen LogP contribution in [0.5, 0.6) is 0 Å². The first-order chi connectivity index (χ1) is 5.66. The summed E-state index contributed by atoms with van der Waals surface area (Å²) >= 11 is 0. The van der Waals surface area contributed by atoms with Gasteiger partial charge >= 0.3 is 0 Å². The molecule has 0 saturated carbocycles. The van der Waals surface area contributed by atoms with Gasteiger partial charge in [-0.2, -0.15) is 0 Å². The Morgan fingerprint density at radius 2 is 1.83 bits per heavy atom. The summed E-state index contributed by atoms with van der Waals surface area (Å²) in [5.41, 5.74) is 1.57. The van der Waals surface area contributed by atoms with Crippen LogP contribution in [0.25, 0.3) is 0 Å². The zero-order valence-corrected chi connectivity index (χ0v) is 9.19. The third-order valence-corrected chi connectivity index (χ3v) is 2.04. The molecule has 0 aliphatic rings. The Morgan fingerprint density at radius 3 is 2.33 bits per heavy atom. The summed E-state index contributed by atoms with van der Waals surface area (Å²) in [5, 5.41) is 0. The Hall–Kier alpha value is -0.260. The van der Waals surface area contributed by atoms with E-state index in [1.54, 1.807) is 5.57 Å². The first-order valence-corrected chi connectivity index (χ1v) is 5.34. The van der Waals surface area contributed by atoms with E-state index in [1.807, 2.05) is 0 Å². The summed E-state index contributed by atoms with van der Waals surface area (Å²) in [6.45, 7) is 9.01. The van der Waals surface area contributed by atoms with E-state index in [0.29, 0.717) is 0 Å². The predicted octanol–water partition coefficient (Wildman–Crippen LogP) is 4.56. The molecule has 0 radical (unpaired) electrons. The molecule has 0 rings (SSSR count). The Balaban J connectivity index is 3.37. The van der Waals surface area contributed by atoms with Crippen LogP contribution in [0, 0.1) is 5.92 Å². The average Bonchev–Trinajstić information content (AvgIpc) is 1.97. The number of hydrogen-bond acceptors (Lipinski definition) is 0. The molecule has 0 aromatic carbocycles. The van der Waals surface area contributed by atoms with Gasteiger partial charge in [-0.3, -0.25) is 0 Å². The molecule has 72 valence electrons. The smallest absolute Gasteiger partial charge is 0.0288 e. The van der Waals surface area contributed by atoms with Crippen molar-refractivity contribution in [2.24, 2.45) is 5.92 Å². The zero-order chi connectivity index (χ0) is 9.40. The number of rotatable bonds is 6. The van der Waals surface area contributed by atoms with Gasteiger partial charge in [0.15, 0.2) is 0 Å². The van der Waals surface area contributed by atoms with E-state index in [-0.39, 0.29) is 0 Å². The minimum atomic E-state index is 0.719. The molecule has 0 spiro atoms. The van der Waals surface area contributed by atoms with E-state index in [2.05, 4.69) is 33.8 Å². The van der Waals surface area contributed by atoms with E-state index in [9.17, 15) is 0 Å². The number of allylic oxidation sites excluding steroid dienone is 2. The van der Waals surface area contributed by atoms with E-state index in [4.69, 9.17) is 0 Å². The van der Waals surface area contributed by atoms with Gasteiger partial charge in [0.05, 0.1) is 0 Å². The van der Waals surface area contributed by atoms with E-state index in [1.165, 1.54) is 32.1 Å². The van der Waals surface area contributed by atoms with Gasteiger partial charge < -0.3 is 0 Å². The highest BCUT2D eigenvalue weighted by atomic mass is 14.0. The number of hydrogen-bond donors (Lipinski definition) is 0. The van der Waals surface area contributed by atoms with Gasteiger partial charge in [0.2, 0.25) is 0 Å². The maximum Gasteiger partial charge on any atom is -0.0288 e. The summed E-state index contributed by atoms with van der Waals surface area (Å²) < 4.78 is 0. The fraction of sp³-hybridized carbons (Fsp3) is 0.833. The van der Waals surface area contributed by atoms with Crippen LogP contribution in [0.4, 0.5) is 0 Å². The Bertz CT molecular complexity index is 120. The maximum absolute atomic E-state index is 2.38. The van der Waals surface area contributed by atoms with Crippen molar-refractivity contribution in [3.63, 3.8) is 0 Å². The number of unbranched alkanes of at least 4 members (excludes halogenated alkanes) is 3. The molecule has 0 bridgehead atoms. The van der Waals surface area contributed by atoms with Crippen LogP contribution in [0.2, 0.25) is 0 Å². The second-order valence-electron chi connectivity index (χ2n) is 4.07. The summed E-state index contributed by atoms with van der Waals surface area (Å²) in [6.07, 6.45) is 9.20. The highest BCUT2D eigenvalue weighted by Crippen LogP contribution is 2.11. The van der Waals surface area contributed by atoms with Crippen molar-refractivity contribution < 1.29 is 0 Å². The van der Waals surface area contributed by atoms with Gasteiger partial charge in [0, 0.05) is 0 Å². The molecular formula is C12H24. The molecule has 0 heteroatoms.